The number of nitrogens with one attached hydrogen (secondary N) is 2. The predicted molar refractivity (Wildman–Crippen MR) is 189 cm³/mol. The Kier molecular flexibility index (Phi) is 11.3. The first kappa shape index (κ1) is 34.8. The van der Waals surface area contributed by atoms with Crippen LogP contribution in [0.1, 0.15) is 53.5 Å². The summed E-state index contributed by atoms with van der Waals surface area (Å²) in [6.45, 7) is 8.62. The van der Waals surface area contributed by atoms with Crippen LogP contribution in [0.5, 0.6) is 0 Å². The molecule has 0 spiro atoms. The highest BCUT2D eigenvalue weighted by molar-refractivity contribution is 7.80. The van der Waals surface area contributed by atoms with Gasteiger partial charge in [0.15, 0.2) is 5.78 Å². The van der Waals surface area contributed by atoms with Gasteiger partial charge in [-0.25, -0.2) is 9.59 Å². The number of fused-ring (bicyclic) bond motifs is 1. The van der Waals surface area contributed by atoms with Crippen LogP contribution in [0.2, 0.25) is 5.02 Å². The number of aromatic nitrogens is 1. The molecular weight excluding hydrogens is 650 g/mol. The van der Waals surface area contributed by atoms with Crippen molar-refractivity contribution in [3.63, 3.8) is 0 Å². The van der Waals surface area contributed by atoms with Gasteiger partial charge in [-0.15, -0.1) is 0 Å². The van der Waals surface area contributed by atoms with Crippen LogP contribution in [0, 0.1) is 18.8 Å². The molecule has 4 heterocycles. The Morgan fingerprint density at radius 1 is 1.21 bits per heavy atom. The number of hydrogen-bond acceptors (Lipinski definition) is 10. The van der Waals surface area contributed by atoms with E-state index >= 15 is 0 Å². The van der Waals surface area contributed by atoms with Crippen LogP contribution in [0.4, 0.5) is 4.79 Å². The van der Waals surface area contributed by atoms with Crippen LogP contribution in [0.3, 0.4) is 0 Å². The topological polar surface area (TPSA) is 119 Å². The Balaban J connectivity index is 1.32. The number of carbonyl (C=O) groups is 3. The number of nitrogens with zero attached hydrogens (tertiary/aromatic N) is 5. The van der Waals surface area contributed by atoms with Gasteiger partial charge in [-0.05, 0) is 43.2 Å². The van der Waals surface area contributed by atoms with E-state index < -0.39 is 12.0 Å². The van der Waals surface area contributed by atoms with Crippen molar-refractivity contribution in [3.8, 4) is 11.8 Å². The summed E-state index contributed by atoms with van der Waals surface area (Å²) in [5, 5.41) is 8.79. The van der Waals surface area contributed by atoms with Crippen molar-refractivity contribution in [2.24, 2.45) is 4.99 Å². The molecule has 2 atom stereocenters. The molecule has 3 aliphatic rings. The van der Waals surface area contributed by atoms with E-state index in [1.54, 1.807) is 18.3 Å². The molecule has 2 fully saturated rings. The van der Waals surface area contributed by atoms with Crippen molar-refractivity contribution in [2.75, 3.05) is 46.4 Å². The van der Waals surface area contributed by atoms with Crippen molar-refractivity contribution in [3.05, 3.63) is 86.7 Å². The SMILES string of the molecule is COC(=O)C1=C(CN2CCN3C(=O)N(CCC#Cc4ccc(C(C)=O)nc4)C[C@@H]3C2)NC(=C(C)N=CC=S)N[C@H]1c1ccc(C)cc1Cl. The quantitative estimate of drug-likeness (QED) is 0.132. The van der Waals surface area contributed by atoms with Crippen LogP contribution in [0.25, 0.3) is 0 Å². The van der Waals surface area contributed by atoms with Gasteiger partial charge < -0.3 is 25.2 Å². The van der Waals surface area contributed by atoms with E-state index in [1.807, 2.05) is 41.8 Å². The number of thiocarbonyl (C=S) groups is 1. The first-order chi connectivity index (χ1) is 23.1. The Hall–Kier alpha value is -4.57. The zero-order valence-corrected chi connectivity index (χ0v) is 29.0. The number of amides is 2. The van der Waals surface area contributed by atoms with Crippen LogP contribution in [-0.2, 0) is 9.53 Å². The molecule has 1 aromatic heterocycles. The summed E-state index contributed by atoms with van der Waals surface area (Å²) in [5.41, 5.74) is 4.61. The second-order valence-corrected chi connectivity index (χ2v) is 12.5. The number of allylic oxidation sites excluding steroid dienone is 1. The summed E-state index contributed by atoms with van der Waals surface area (Å²) in [5.74, 6) is 6.24. The van der Waals surface area contributed by atoms with Crippen molar-refractivity contribution >= 4 is 53.2 Å². The highest BCUT2D eigenvalue weighted by Gasteiger charge is 2.41. The molecule has 3 aliphatic heterocycles. The Labute approximate surface area is 291 Å². The number of esters is 1. The molecule has 0 bridgehead atoms. The number of rotatable bonds is 9. The first-order valence-corrected chi connectivity index (χ1v) is 16.5. The third kappa shape index (κ3) is 7.93. The molecule has 2 aromatic rings. The van der Waals surface area contributed by atoms with Gasteiger partial charge in [-0.2, -0.15) is 0 Å². The van der Waals surface area contributed by atoms with Gasteiger partial charge >= 0.3 is 12.0 Å². The van der Waals surface area contributed by atoms with E-state index in [-0.39, 0.29) is 17.9 Å². The minimum atomic E-state index is -0.594. The number of ether oxygens (including phenoxy) is 1. The third-order valence-electron chi connectivity index (χ3n) is 8.50. The molecule has 2 saturated heterocycles. The fourth-order valence-electron chi connectivity index (χ4n) is 6.05. The van der Waals surface area contributed by atoms with Gasteiger partial charge in [0.1, 0.15) is 11.5 Å². The standard InChI is InChI=1S/C35H38ClN7O4S/c1-22-8-10-27(28(36)17-22)32-31(34(45)47-4)30(39-33(40-32)23(2)37-12-16-48)21-41-14-15-43-26(19-41)20-42(35(43)46)13-6-5-7-25-9-11-29(24(3)44)38-18-25/h8-12,16-18,26,32,39-40H,6,13-15,19-21H2,1-4H3/t26-,32-/m0/s1. The van der Waals surface area contributed by atoms with E-state index in [2.05, 4.69) is 37.4 Å². The van der Waals surface area contributed by atoms with Gasteiger partial charge in [-0.1, -0.05) is 47.8 Å². The van der Waals surface area contributed by atoms with Crippen LogP contribution >= 0.6 is 23.8 Å². The number of ketones is 1. The van der Waals surface area contributed by atoms with Crippen molar-refractivity contribution in [1.29, 1.82) is 0 Å². The first-order valence-electron chi connectivity index (χ1n) is 15.6. The van der Waals surface area contributed by atoms with E-state index in [9.17, 15) is 14.4 Å². The number of Topliss-reactive ketones (excluding diaryl/α,β-unsaturated/α-hetero) is 1. The maximum absolute atomic E-state index is 13.4. The zero-order valence-electron chi connectivity index (χ0n) is 27.4. The fourth-order valence-corrected chi connectivity index (χ4v) is 6.45. The monoisotopic (exact) mass is 687 g/mol. The van der Waals surface area contributed by atoms with Gasteiger partial charge in [-0.3, -0.25) is 19.7 Å². The molecule has 11 nitrogen and oxygen atoms in total. The number of pyridine rings is 1. The largest absolute Gasteiger partial charge is 0.466 e. The van der Waals surface area contributed by atoms with E-state index in [0.29, 0.717) is 79.2 Å². The van der Waals surface area contributed by atoms with Crippen molar-refractivity contribution in [1.82, 2.24) is 30.3 Å². The molecule has 2 N–H and O–H groups in total. The third-order valence-corrected chi connectivity index (χ3v) is 8.95. The predicted octanol–water partition coefficient (Wildman–Crippen LogP) is 4.03. The molecule has 0 unspecified atom stereocenters. The number of hydrogen-bond donors (Lipinski definition) is 2. The number of urea groups is 1. The van der Waals surface area contributed by atoms with E-state index in [4.69, 9.17) is 28.6 Å². The maximum atomic E-state index is 13.4. The normalized spacial score (nSPS) is 20.5. The molecule has 250 valence electrons. The molecular formula is C35H38ClN7O4S. The average molecular weight is 688 g/mol. The number of piperazine rings is 1. The Morgan fingerprint density at radius 3 is 2.71 bits per heavy atom. The number of aliphatic imine (C=N–C) groups is 1. The Bertz CT molecular complexity index is 1760. The minimum absolute atomic E-state index is 0.00212. The number of aryl methyl sites for hydroxylation is 1. The molecule has 48 heavy (non-hydrogen) atoms. The summed E-state index contributed by atoms with van der Waals surface area (Å²) in [7, 11) is 1.37. The van der Waals surface area contributed by atoms with Crippen LogP contribution in [-0.4, -0.2) is 101 Å². The molecule has 1 aromatic carbocycles. The van der Waals surface area contributed by atoms with Crippen LogP contribution < -0.4 is 10.6 Å². The summed E-state index contributed by atoms with van der Waals surface area (Å²) >= 11 is 11.7. The molecule has 13 heteroatoms. The lowest BCUT2D eigenvalue weighted by atomic mass is 9.93. The average Bonchev–Trinajstić information content (AvgIpc) is 3.39. The highest BCUT2D eigenvalue weighted by atomic mass is 35.5. The van der Waals surface area contributed by atoms with Crippen molar-refractivity contribution in [2.45, 2.75) is 39.3 Å². The lowest BCUT2D eigenvalue weighted by Gasteiger charge is -2.39. The van der Waals surface area contributed by atoms with Crippen molar-refractivity contribution < 1.29 is 19.1 Å². The van der Waals surface area contributed by atoms with Gasteiger partial charge in [0.2, 0.25) is 0 Å². The molecule has 0 aliphatic carbocycles. The number of methoxy groups -OCH3 is 1. The van der Waals surface area contributed by atoms with E-state index in [0.717, 1.165) is 16.7 Å². The van der Waals surface area contributed by atoms with Gasteiger partial charge in [0.05, 0.1) is 30.5 Å². The Morgan fingerprint density at radius 2 is 2.02 bits per heavy atom. The lowest BCUT2D eigenvalue weighted by molar-refractivity contribution is -0.136. The molecule has 5 rings (SSSR count). The number of benzene rings is 1. The molecule has 0 saturated carbocycles. The fraction of sp³-hybridized carbons (Fsp3) is 0.371. The lowest BCUT2D eigenvalue weighted by Crippen LogP contribution is -2.53. The molecule has 0 radical (unpaired) electrons. The van der Waals surface area contributed by atoms with Gasteiger partial charge in [0.25, 0.3) is 0 Å². The second kappa shape index (κ2) is 15.6. The summed E-state index contributed by atoms with van der Waals surface area (Å²) in [6.07, 6.45) is 3.63. The highest BCUT2D eigenvalue weighted by Crippen LogP contribution is 2.35. The molecule has 2 amide bonds. The summed E-state index contributed by atoms with van der Waals surface area (Å²) < 4.78 is 5.28. The summed E-state index contributed by atoms with van der Waals surface area (Å²) in [4.78, 5) is 52.6. The smallest absolute Gasteiger partial charge is 0.338 e. The zero-order chi connectivity index (χ0) is 34.4. The number of halogens is 1. The van der Waals surface area contributed by atoms with E-state index in [1.165, 1.54) is 25.6 Å². The second-order valence-electron chi connectivity index (χ2n) is 11.8. The number of carbonyl (C=O) groups excluding carboxylic acids is 3. The summed E-state index contributed by atoms with van der Waals surface area (Å²) in [6, 6.07) is 8.59. The maximum Gasteiger partial charge on any atom is 0.338 e. The van der Waals surface area contributed by atoms with Crippen LogP contribution in [0.15, 0.2) is 64.3 Å². The minimum Gasteiger partial charge on any atom is -0.466 e. The van der Waals surface area contributed by atoms with Gasteiger partial charge in [0, 0.05) is 86.7 Å².